The summed E-state index contributed by atoms with van der Waals surface area (Å²) in [4.78, 5) is 0. The molecule has 1 atom stereocenters. The highest BCUT2D eigenvalue weighted by molar-refractivity contribution is 5.25. The number of aromatic nitrogens is 2. The van der Waals surface area contributed by atoms with Crippen molar-refractivity contribution in [2.75, 3.05) is 0 Å². The summed E-state index contributed by atoms with van der Waals surface area (Å²) in [7, 11) is 0. The average Bonchev–Trinajstić information content (AvgIpc) is 2.90. The number of H-pyrrole nitrogens is 1. The lowest BCUT2D eigenvalue weighted by Gasteiger charge is -2.14. The molecule has 0 fully saturated rings. The van der Waals surface area contributed by atoms with Crippen LogP contribution in [0.15, 0.2) is 36.7 Å². The monoisotopic (exact) mass is 243 g/mol. The van der Waals surface area contributed by atoms with Crippen molar-refractivity contribution in [3.8, 4) is 0 Å². The minimum absolute atomic E-state index is 0.357. The molecule has 0 amide bonds. The molecule has 18 heavy (non-hydrogen) atoms. The molecule has 1 heterocycles. The van der Waals surface area contributed by atoms with Crippen molar-refractivity contribution in [1.29, 1.82) is 0 Å². The number of hydrogen-bond acceptors (Lipinski definition) is 2. The van der Waals surface area contributed by atoms with E-state index in [0.717, 1.165) is 13.0 Å². The molecule has 0 saturated heterocycles. The Kier molecular flexibility index (Phi) is 4.53. The Balaban J connectivity index is 1.89. The van der Waals surface area contributed by atoms with Crippen LogP contribution in [0, 0.1) is 0 Å². The maximum absolute atomic E-state index is 3.94. The van der Waals surface area contributed by atoms with Gasteiger partial charge in [-0.05, 0) is 24.5 Å². The van der Waals surface area contributed by atoms with Gasteiger partial charge in [-0.25, -0.2) is 0 Å². The third kappa shape index (κ3) is 3.44. The fourth-order valence-corrected chi connectivity index (χ4v) is 2.02. The van der Waals surface area contributed by atoms with Crippen LogP contribution >= 0.6 is 0 Å². The minimum Gasteiger partial charge on any atom is -0.306 e. The van der Waals surface area contributed by atoms with E-state index in [0.29, 0.717) is 6.04 Å². The van der Waals surface area contributed by atoms with E-state index in [1.807, 2.05) is 12.4 Å². The first-order chi connectivity index (χ1) is 8.79. The lowest BCUT2D eigenvalue weighted by atomic mass is 10.0. The number of benzene rings is 1. The Morgan fingerprint density at radius 3 is 2.61 bits per heavy atom. The van der Waals surface area contributed by atoms with Gasteiger partial charge in [0.25, 0.3) is 0 Å². The first kappa shape index (κ1) is 12.8. The van der Waals surface area contributed by atoms with Crippen LogP contribution in [0.1, 0.15) is 43.0 Å². The average molecular weight is 243 g/mol. The molecule has 0 aliphatic heterocycles. The molecule has 3 nitrogen and oxygen atoms in total. The number of hydrogen-bond donors (Lipinski definition) is 2. The summed E-state index contributed by atoms with van der Waals surface area (Å²) in [5.74, 6) is 0. The van der Waals surface area contributed by atoms with Crippen molar-refractivity contribution >= 4 is 0 Å². The molecule has 96 valence electrons. The van der Waals surface area contributed by atoms with Gasteiger partial charge in [0.05, 0.1) is 6.20 Å². The molecular weight excluding hydrogens is 222 g/mol. The topological polar surface area (TPSA) is 40.7 Å². The summed E-state index contributed by atoms with van der Waals surface area (Å²) < 4.78 is 0. The van der Waals surface area contributed by atoms with Gasteiger partial charge in [0.2, 0.25) is 0 Å². The molecule has 1 unspecified atom stereocenters. The molecule has 0 bridgehead atoms. The second kappa shape index (κ2) is 6.36. The Morgan fingerprint density at radius 2 is 2.00 bits per heavy atom. The zero-order valence-corrected chi connectivity index (χ0v) is 11.1. The zero-order chi connectivity index (χ0) is 12.8. The van der Waals surface area contributed by atoms with E-state index in [-0.39, 0.29) is 0 Å². The summed E-state index contributed by atoms with van der Waals surface area (Å²) in [5, 5.41) is 10.3. The van der Waals surface area contributed by atoms with Crippen LogP contribution in [0.3, 0.4) is 0 Å². The number of aromatic amines is 1. The highest BCUT2D eigenvalue weighted by Crippen LogP contribution is 2.14. The molecule has 1 aromatic heterocycles. The molecule has 1 aromatic carbocycles. The lowest BCUT2D eigenvalue weighted by Crippen LogP contribution is -2.17. The van der Waals surface area contributed by atoms with E-state index in [2.05, 4.69) is 53.6 Å². The summed E-state index contributed by atoms with van der Waals surface area (Å²) >= 11 is 0. The van der Waals surface area contributed by atoms with Crippen molar-refractivity contribution in [3.63, 3.8) is 0 Å². The highest BCUT2D eigenvalue weighted by Gasteiger charge is 2.05. The smallest absolute Gasteiger partial charge is 0.0532 e. The van der Waals surface area contributed by atoms with Gasteiger partial charge in [0.15, 0.2) is 0 Å². The fraction of sp³-hybridized carbons (Fsp3) is 0.400. The van der Waals surface area contributed by atoms with E-state index in [9.17, 15) is 0 Å². The second-order valence-electron chi connectivity index (χ2n) is 4.70. The third-order valence-corrected chi connectivity index (χ3v) is 3.19. The summed E-state index contributed by atoms with van der Waals surface area (Å²) in [6, 6.07) is 9.26. The molecule has 2 N–H and O–H groups in total. The predicted molar refractivity (Wildman–Crippen MR) is 74.3 cm³/mol. The normalized spacial score (nSPS) is 12.6. The quantitative estimate of drug-likeness (QED) is 0.818. The Hall–Kier alpha value is -1.61. The van der Waals surface area contributed by atoms with Crippen LogP contribution < -0.4 is 5.32 Å². The lowest BCUT2D eigenvalue weighted by molar-refractivity contribution is 0.574. The zero-order valence-electron chi connectivity index (χ0n) is 11.1. The summed E-state index contributed by atoms with van der Waals surface area (Å²) in [6.07, 6.45) is 6.14. The van der Waals surface area contributed by atoms with E-state index < -0.39 is 0 Å². The molecule has 0 spiro atoms. The number of rotatable bonds is 6. The van der Waals surface area contributed by atoms with Crippen LogP contribution in [0.2, 0.25) is 0 Å². The third-order valence-electron chi connectivity index (χ3n) is 3.19. The van der Waals surface area contributed by atoms with E-state index in [4.69, 9.17) is 0 Å². The molecule has 0 aliphatic rings. The van der Waals surface area contributed by atoms with E-state index in [1.54, 1.807) is 0 Å². The van der Waals surface area contributed by atoms with Crippen LogP contribution in [0.5, 0.6) is 0 Å². The molecule has 3 heteroatoms. The van der Waals surface area contributed by atoms with E-state index in [1.165, 1.54) is 23.1 Å². The molecular formula is C15H21N3. The highest BCUT2D eigenvalue weighted by atomic mass is 15.1. The van der Waals surface area contributed by atoms with Gasteiger partial charge in [-0.15, -0.1) is 0 Å². The van der Waals surface area contributed by atoms with Crippen molar-refractivity contribution in [1.82, 2.24) is 15.5 Å². The fourth-order valence-electron chi connectivity index (χ4n) is 2.02. The number of nitrogens with zero attached hydrogens (tertiary/aromatic N) is 1. The van der Waals surface area contributed by atoms with Crippen LogP contribution in [0.25, 0.3) is 0 Å². The van der Waals surface area contributed by atoms with Gasteiger partial charge in [-0.2, -0.15) is 5.10 Å². The van der Waals surface area contributed by atoms with Crippen molar-refractivity contribution in [2.45, 2.75) is 39.3 Å². The largest absolute Gasteiger partial charge is 0.306 e. The van der Waals surface area contributed by atoms with Gasteiger partial charge < -0.3 is 5.32 Å². The van der Waals surface area contributed by atoms with Crippen molar-refractivity contribution in [2.24, 2.45) is 0 Å². The van der Waals surface area contributed by atoms with Gasteiger partial charge in [0, 0.05) is 24.3 Å². The van der Waals surface area contributed by atoms with Crippen LogP contribution in [-0.2, 0) is 13.0 Å². The molecule has 0 radical (unpaired) electrons. The molecule has 0 aliphatic carbocycles. The minimum atomic E-state index is 0.357. The Labute approximate surface area is 109 Å². The molecule has 0 saturated carbocycles. The Morgan fingerprint density at radius 1 is 1.22 bits per heavy atom. The van der Waals surface area contributed by atoms with E-state index >= 15 is 0 Å². The van der Waals surface area contributed by atoms with Gasteiger partial charge in [-0.1, -0.05) is 37.6 Å². The SMILES string of the molecule is CCCc1ccc(C(C)NCc2cn[nH]c2)cc1. The second-order valence-corrected chi connectivity index (χ2v) is 4.70. The predicted octanol–water partition coefficient (Wildman–Crippen LogP) is 3.21. The maximum atomic E-state index is 3.94. The van der Waals surface area contributed by atoms with Gasteiger partial charge in [-0.3, -0.25) is 5.10 Å². The van der Waals surface area contributed by atoms with Crippen molar-refractivity contribution < 1.29 is 0 Å². The number of aryl methyl sites for hydroxylation is 1. The van der Waals surface area contributed by atoms with Crippen molar-refractivity contribution in [3.05, 3.63) is 53.3 Å². The standard InChI is InChI=1S/C15H21N3/c1-3-4-13-5-7-15(8-6-13)12(2)16-9-14-10-17-18-11-14/h5-8,10-12,16H,3-4,9H2,1-2H3,(H,17,18). The first-order valence-electron chi connectivity index (χ1n) is 6.59. The van der Waals surface area contributed by atoms with Gasteiger partial charge >= 0.3 is 0 Å². The Bertz CT molecular complexity index is 445. The number of nitrogens with one attached hydrogen (secondary N) is 2. The molecule has 2 rings (SSSR count). The van der Waals surface area contributed by atoms with Crippen LogP contribution in [0.4, 0.5) is 0 Å². The maximum Gasteiger partial charge on any atom is 0.0532 e. The summed E-state index contributed by atoms with van der Waals surface area (Å²) in [5.41, 5.74) is 3.94. The molecule has 2 aromatic rings. The summed E-state index contributed by atoms with van der Waals surface area (Å²) in [6.45, 7) is 5.24. The first-order valence-corrected chi connectivity index (χ1v) is 6.59. The van der Waals surface area contributed by atoms with Gasteiger partial charge in [0.1, 0.15) is 0 Å². The van der Waals surface area contributed by atoms with Crippen LogP contribution in [-0.4, -0.2) is 10.2 Å².